The minimum Gasteiger partial charge on any atom is -0.716 e. The van der Waals surface area contributed by atoms with Crippen molar-refractivity contribution in [3.8, 4) is 23.0 Å². The lowest BCUT2D eigenvalue weighted by atomic mass is 9.98. The fourth-order valence-electron chi connectivity index (χ4n) is 3.19. The molecular formula is C19H31O8S-. The van der Waals surface area contributed by atoms with Gasteiger partial charge in [0.25, 0.3) is 10.4 Å². The van der Waals surface area contributed by atoms with Crippen LogP contribution in [0.5, 0.6) is 23.0 Å². The van der Waals surface area contributed by atoms with Crippen molar-refractivity contribution >= 4 is 10.4 Å². The van der Waals surface area contributed by atoms with Crippen LogP contribution in [-0.2, 0) is 16.8 Å². The maximum absolute atomic E-state index is 11.1. The molecule has 0 aliphatic carbocycles. The maximum Gasteiger partial charge on any atom is 0.262 e. The number of ether oxygens (including phenoxy) is 2. The molecule has 1 rings (SSSR count). The smallest absolute Gasteiger partial charge is 0.262 e. The zero-order chi connectivity index (χ0) is 21.2. The molecule has 0 spiro atoms. The second-order valence-corrected chi connectivity index (χ2v) is 7.62. The summed E-state index contributed by atoms with van der Waals surface area (Å²) in [5, 5.41) is 19.3. The van der Waals surface area contributed by atoms with Gasteiger partial charge >= 0.3 is 0 Å². The van der Waals surface area contributed by atoms with Crippen LogP contribution in [0.15, 0.2) is 0 Å². The van der Waals surface area contributed by atoms with Crippen molar-refractivity contribution in [3.05, 3.63) is 11.1 Å². The van der Waals surface area contributed by atoms with Crippen LogP contribution in [-0.4, -0.2) is 44.0 Å². The molecule has 0 bridgehead atoms. The van der Waals surface area contributed by atoms with Crippen LogP contribution in [0.4, 0.5) is 0 Å². The Morgan fingerprint density at radius 1 is 0.857 bits per heavy atom. The fourth-order valence-corrected chi connectivity index (χ4v) is 3.59. The fraction of sp³-hybridized carbons (Fsp3) is 0.684. The summed E-state index contributed by atoms with van der Waals surface area (Å²) < 4.78 is 48.1. The molecule has 0 saturated heterocycles. The van der Waals surface area contributed by atoms with Crippen LogP contribution >= 0.6 is 0 Å². The van der Waals surface area contributed by atoms with E-state index in [1.165, 1.54) is 14.2 Å². The highest BCUT2D eigenvalue weighted by Crippen LogP contribution is 2.49. The molecule has 0 aliphatic rings. The molecule has 0 aromatic heterocycles. The number of hydrogen-bond acceptors (Lipinski definition) is 8. The third kappa shape index (κ3) is 7.37. The van der Waals surface area contributed by atoms with E-state index in [1.807, 2.05) is 0 Å². The monoisotopic (exact) mass is 419 g/mol. The second-order valence-electron chi connectivity index (χ2n) is 6.64. The van der Waals surface area contributed by atoms with Gasteiger partial charge in [0.15, 0.2) is 11.5 Å². The summed E-state index contributed by atoms with van der Waals surface area (Å²) in [5.74, 6) is -0.600. The Balaban J connectivity index is 2.81. The van der Waals surface area contributed by atoms with Gasteiger partial charge in [0, 0.05) is 17.7 Å². The summed E-state index contributed by atoms with van der Waals surface area (Å²) in [6.45, 7) is 1.81. The second kappa shape index (κ2) is 12.0. The van der Waals surface area contributed by atoms with Crippen LogP contribution in [0.2, 0.25) is 0 Å². The third-order valence-corrected chi connectivity index (χ3v) is 5.01. The van der Waals surface area contributed by atoms with Gasteiger partial charge in [-0.2, -0.15) is 0 Å². The molecule has 0 heterocycles. The Labute approximate surface area is 167 Å². The van der Waals surface area contributed by atoms with Gasteiger partial charge in [0.1, 0.15) is 0 Å². The molecule has 0 atom stereocenters. The molecule has 0 amide bonds. The molecule has 28 heavy (non-hydrogen) atoms. The Kier molecular flexibility index (Phi) is 10.4. The Morgan fingerprint density at radius 2 is 1.36 bits per heavy atom. The molecule has 1 aromatic rings. The number of methoxy groups -OCH3 is 2. The first kappa shape index (κ1) is 24.3. The van der Waals surface area contributed by atoms with E-state index in [9.17, 15) is 18.1 Å². The number of aliphatic hydroxyl groups excluding tert-OH is 1. The van der Waals surface area contributed by atoms with E-state index >= 15 is 0 Å². The molecular weight excluding hydrogens is 388 g/mol. The van der Waals surface area contributed by atoms with E-state index in [-0.39, 0.29) is 29.6 Å². The lowest BCUT2D eigenvalue weighted by molar-refractivity contribution is 0.282. The summed E-state index contributed by atoms with van der Waals surface area (Å²) in [6.07, 6.45) is 8.49. The SMILES string of the molecule is COc1c(O)c(CCCCCCCCCCO)c(C)c(OS(=O)(=O)[O-])c1OC. The van der Waals surface area contributed by atoms with Gasteiger partial charge in [-0.15, -0.1) is 0 Å². The highest BCUT2D eigenvalue weighted by atomic mass is 32.3. The maximum atomic E-state index is 11.1. The van der Waals surface area contributed by atoms with E-state index in [1.54, 1.807) is 6.92 Å². The molecule has 8 nitrogen and oxygen atoms in total. The first-order valence-corrected chi connectivity index (χ1v) is 10.8. The third-order valence-electron chi connectivity index (χ3n) is 4.64. The molecule has 9 heteroatoms. The number of phenols is 1. The van der Waals surface area contributed by atoms with Gasteiger partial charge < -0.3 is 28.4 Å². The molecule has 2 N–H and O–H groups in total. The van der Waals surface area contributed by atoms with Crippen LogP contribution in [0.25, 0.3) is 0 Å². The number of rotatable bonds is 14. The molecule has 0 saturated carbocycles. The van der Waals surface area contributed by atoms with Crippen molar-refractivity contribution in [1.29, 1.82) is 0 Å². The predicted molar refractivity (Wildman–Crippen MR) is 104 cm³/mol. The number of unbranched alkanes of at least 4 members (excludes halogenated alkanes) is 7. The van der Waals surface area contributed by atoms with Gasteiger partial charge in [0.05, 0.1) is 14.2 Å². The Hall–Kier alpha value is -1.71. The first-order chi connectivity index (χ1) is 13.3. The molecule has 0 fully saturated rings. The van der Waals surface area contributed by atoms with E-state index < -0.39 is 10.4 Å². The number of hydrogen-bond donors (Lipinski definition) is 2. The molecule has 0 unspecified atom stereocenters. The Bertz CT molecular complexity index is 715. The van der Waals surface area contributed by atoms with Crippen molar-refractivity contribution in [1.82, 2.24) is 0 Å². The van der Waals surface area contributed by atoms with E-state index in [4.69, 9.17) is 14.6 Å². The first-order valence-electron chi connectivity index (χ1n) is 9.49. The molecule has 0 radical (unpaired) electrons. The van der Waals surface area contributed by atoms with Crippen molar-refractivity contribution in [2.75, 3.05) is 20.8 Å². The van der Waals surface area contributed by atoms with Gasteiger partial charge in [-0.3, -0.25) is 0 Å². The van der Waals surface area contributed by atoms with Gasteiger partial charge in [-0.05, 0) is 26.2 Å². The van der Waals surface area contributed by atoms with Gasteiger partial charge in [-0.1, -0.05) is 38.5 Å². The highest BCUT2D eigenvalue weighted by molar-refractivity contribution is 7.81. The van der Waals surface area contributed by atoms with Crippen LogP contribution < -0.4 is 13.7 Å². The van der Waals surface area contributed by atoms with Crippen molar-refractivity contribution in [2.45, 2.75) is 64.7 Å². The highest BCUT2D eigenvalue weighted by Gasteiger charge is 2.25. The lowest BCUT2D eigenvalue weighted by Crippen LogP contribution is -2.11. The number of benzene rings is 1. The van der Waals surface area contributed by atoms with Gasteiger partial charge in [-0.25, -0.2) is 8.42 Å². The Morgan fingerprint density at radius 3 is 1.82 bits per heavy atom. The largest absolute Gasteiger partial charge is 0.716 e. The van der Waals surface area contributed by atoms with E-state index in [0.717, 1.165) is 51.4 Å². The average molecular weight is 420 g/mol. The lowest BCUT2D eigenvalue weighted by Gasteiger charge is -2.21. The van der Waals surface area contributed by atoms with Crippen molar-refractivity contribution in [2.24, 2.45) is 0 Å². The van der Waals surface area contributed by atoms with Crippen molar-refractivity contribution < 1.29 is 36.8 Å². The van der Waals surface area contributed by atoms with Gasteiger partial charge in [0.2, 0.25) is 11.5 Å². The average Bonchev–Trinajstić information content (AvgIpc) is 2.63. The molecule has 162 valence electrons. The minimum atomic E-state index is -5.01. The topological polar surface area (TPSA) is 125 Å². The zero-order valence-corrected chi connectivity index (χ0v) is 17.6. The standard InChI is InChI=1S/C19H32O8S/c1-14-15(12-10-8-6-4-5-7-9-11-13-20)16(21)18(25-2)19(26-3)17(14)27-28(22,23)24/h20-21H,4-13H2,1-3H3,(H,22,23,24)/p-1. The summed E-state index contributed by atoms with van der Waals surface area (Å²) in [7, 11) is -2.44. The number of phenolic OH excluding ortho intramolecular Hbond substituents is 1. The van der Waals surface area contributed by atoms with Crippen LogP contribution in [0, 0.1) is 6.92 Å². The van der Waals surface area contributed by atoms with E-state index in [0.29, 0.717) is 17.5 Å². The van der Waals surface area contributed by atoms with Crippen molar-refractivity contribution in [3.63, 3.8) is 0 Å². The molecule has 1 aromatic carbocycles. The summed E-state index contributed by atoms with van der Waals surface area (Å²) >= 11 is 0. The van der Waals surface area contributed by atoms with E-state index in [2.05, 4.69) is 4.18 Å². The predicted octanol–water partition coefficient (Wildman–Crippen LogP) is 3.21. The normalized spacial score (nSPS) is 11.5. The molecule has 0 aliphatic heterocycles. The minimum absolute atomic E-state index is 0.0642. The van der Waals surface area contributed by atoms with Crippen LogP contribution in [0.3, 0.4) is 0 Å². The number of aliphatic hydroxyl groups is 1. The summed E-state index contributed by atoms with van der Waals surface area (Å²) in [5.41, 5.74) is 0.804. The zero-order valence-electron chi connectivity index (χ0n) is 16.8. The summed E-state index contributed by atoms with van der Waals surface area (Å²) in [4.78, 5) is 0. The summed E-state index contributed by atoms with van der Waals surface area (Å²) in [6, 6.07) is 0. The number of aromatic hydroxyl groups is 1. The quantitative estimate of drug-likeness (QED) is 0.267. The van der Waals surface area contributed by atoms with Crippen LogP contribution in [0.1, 0.15) is 62.5 Å².